The first kappa shape index (κ1) is 22.4. The Morgan fingerprint density at radius 2 is 1.94 bits per heavy atom. The second-order valence-electron chi connectivity index (χ2n) is 7.28. The topological polar surface area (TPSA) is 123 Å². The number of anilines is 2. The Kier molecular flexibility index (Phi) is 6.01. The second kappa shape index (κ2) is 8.60. The first-order chi connectivity index (χ1) is 15.1. The van der Waals surface area contributed by atoms with Crippen LogP contribution in [-0.2, 0) is 27.7 Å². The number of fused-ring (bicyclic) bond motifs is 2. The fraction of sp³-hybridized carbons (Fsp3) is 0.250. The summed E-state index contributed by atoms with van der Waals surface area (Å²) in [5, 5.41) is 6.51. The lowest BCUT2D eigenvalue weighted by Gasteiger charge is -2.04. The summed E-state index contributed by atoms with van der Waals surface area (Å²) in [6.45, 7) is 0.341. The SMILES string of the molecule is Cn1c(Nc2nc3ccc(S(C)(=O)=O)cc3s2)nc2cc(C(=O)NCCS(C)=O)ccc21. The first-order valence-electron chi connectivity index (χ1n) is 9.54. The van der Waals surface area contributed by atoms with Crippen molar-refractivity contribution in [2.75, 3.05) is 30.1 Å². The van der Waals surface area contributed by atoms with Gasteiger partial charge in [-0.1, -0.05) is 11.3 Å². The van der Waals surface area contributed by atoms with Gasteiger partial charge in [-0.3, -0.25) is 9.00 Å². The van der Waals surface area contributed by atoms with E-state index in [4.69, 9.17) is 0 Å². The average molecular weight is 492 g/mol. The molecule has 0 bridgehead atoms. The van der Waals surface area contributed by atoms with E-state index < -0.39 is 20.6 Å². The Hall–Kier alpha value is -2.83. The molecule has 1 unspecified atom stereocenters. The van der Waals surface area contributed by atoms with Gasteiger partial charge in [-0.2, -0.15) is 0 Å². The van der Waals surface area contributed by atoms with Crippen LogP contribution in [0.3, 0.4) is 0 Å². The predicted molar refractivity (Wildman–Crippen MR) is 128 cm³/mol. The van der Waals surface area contributed by atoms with E-state index in [1.165, 1.54) is 17.6 Å². The molecule has 0 fully saturated rings. The third kappa shape index (κ3) is 4.66. The van der Waals surface area contributed by atoms with Crippen molar-refractivity contribution in [1.82, 2.24) is 19.9 Å². The Bertz CT molecular complexity index is 1470. The normalized spacial score (nSPS) is 12.8. The molecule has 0 saturated heterocycles. The van der Waals surface area contributed by atoms with E-state index in [9.17, 15) is 17.4 Å². The number of aromatic nitrogens is 3. The third-order valence-corrected chi connectivity index (χ3v) is 7.65. The highest BCUT2D eigenvalue weighted by atomic mass is 32.2. The lowest BCUT2D eigenvalue weighted by Crippen LogP contribution is -2.27. The second-order valence-corrected chi connectivity index (χ2v) is 11.9. The van der Waals surface area contributed by atoms with Crippen molar-refractivity contribution in [2.45, 2.75) is 4.90 Å². The lowest BCUT2D eigenvalue weighted by atomic mass is 10.2. The molecule has 12 heteroatoms. The molecule has 2 aromatic carbocycles. The third-order valence-electron chi connectivity index (χ3n) is 4.82. The van der Waals surface area contributed by atoms with E-state index in [0.29, 0.717) is 40.0 Å². The number of nitrogens with one attached hydrogen (secondary N) is 2. The summed E-state index contributed by atoms with van der Waals surface area (Å²) >= 11 is 1.33. The van der Waals surface area contributed by atoms with E-state index in [1.807, 2.05) is 17.7 Å². The Morgan fingerprint density at radius 3 is 2.66 bits per heavy atom. The van der Waals surface area contributed by atoms with Crippen LogP contribution in [0, 0.1) is 0 Å². The van der Waals surface area contributed by atoms with Crippen LogP contribution in [0.15, 0.2) is 41.3 Å². The number of benzene rings is 2. The number of sulfone groups is 1. The number of aryl methyl sites for hydroxylation is 1. The predicted octanol–water partition coefficient (Wildman–Crippen LogP) is 2.44. The van der Waals surface area contributed by atoms with E-state index >= 15 is 0 Å². The summed E-state index contributed by atoms with van der Waals surface area (Å²) in [6.07, 6.45) is 2.77. The average Bonchev–Trinajstić information content (AvgIpc) is 3.26. The summed E-state index contributed by atoms with van der Waals surface area (Å²) < 4.78 is 37.3. The Morgan fingerprint density at radius 1 is 1.16 bits per heavy atom. The quantitative estimate of drug-likeness (QED) is 0.407. The fourth-order valence-corrected chi connectivity index (χ4v) is 5.16. The number of hydrogen-bond acceptors (Lipinski definition) is 8. The molecule has 0 saturated carbocycles. The number of rotatable bonds is 7. The van der Waals surface area contributed by atoms with Gasteiger partial charge in [0.1, 0.15) is 0 Å². The van der Waals surface area contributed by atoms with Gasteiger partial charge in [-0.05, 0) is 36.4 Å². The van der Waals surface area contributed by atoms with Crippen LogP contribution in [0.2, 0.25) is 0 Å². The van der Waals surface area contributed by atoms with Gasteiger partial charge in [0.2, 0.25) is 5.95 Å². The van der Waals surface area contributed by atoms with E-state index in [0.717, 1.165) is 10.2 Å². The fourth-order valence-electron chi connectivity index (χ4n) is 3.15. The zero-order chi connectivity index (χ0) is 23.0. The summed E-state index contributed by atoms with van der Waals surface area (Å²) in [5.74, 6) is 0.700. The molecule has 9 nitrogen and oxygen atoms in total. The molecular weight excluding hydrogens is 470 g/mol. The van der Waals surface area contributed by atoms with Crippen molar-refractivity contribution in [1.29, 1.82) is 0 Å². The zero-order valence-corrected chi connectivity index (χ0v) is 20.0. The molecule has 2 aromatic heterocycles. The smallest absolute Gasteiger partial charge is 0.251 e. The number of nitrogens with zero attached hydrogens (tertiary/aromatic N) is 3. The van der Waals surface area contributed by atoms with Crippen molar-refractivity contribution in [3.63, 3.8) is 0 Å². The van der Waals surface area contributed by atoms with Gasteiger partial charge in [-0.25, -0.2) is 18.4 Å². The van der Waals surface area contributed by atoms with Crippen LogP contribution in [0.1, 0.15) is 10.4 Å². The molecule has 0 aliphatic heterocycles. The minimum atomic E-state index is -3.30. The highest BCUT2D eigenvalue weighted by Crippen LogP contribution is 2.31. The van der Waals surface area contributed by atoms with E-state index in [1.54, 1.807) is 36.6 Å². The molecule has 0 spiro atoms. The molecule has 32 heavy (non-hydrogen) atoms. The molecule has 1 amide bonds. The summed E-state index contributed by atoms with van der Waals surface area (Å²) in [5.41, 5.74) is 2.63. The van der Waals surface area contributed by atoms with Crippen LogP contribution in [-0.4, -0.2) is 57.9 Å². The molecule has 1 atom stereocenters. The monoisotopic (exact) mass is 491 g/mol. The number of thiazole rings is 1. The zero-order valence-electron chi connectivity index (χ0n) is 17.6. The van der Waals surface area contributed by atoms with Crippen LogP contribution in [0.25, 0.3) is 21.3 Å². The van der Waals surface area contributed by atoms with Crippen LogP contribution >= 0.6 is 11.3 Å². The molecule has 4 rings (SSSR count). The molecule has 2 heterocycles. The van der Waals surface area contributed by atoms with Gasteiger partial charge in [-0.15, -0.1) is 0 Å². The number of amides is 1. The van der Waals surface area contributed by atoms with Crippen LogP contribution < -0.4 is 10.6 Å². The maximum Gasteiger partial charge on any atom is 0.251 e. The van der Waals surface area contributed by atoms with Gasteiger partial charge in [0.25, 0.3) is 5.91 Å². The molecule has 0 aliphatic rings. The molecular formula is C20H21N5O4S3. The summed E-state index contributed by atoms with van der Waals surface area (Å²) in [7, 11) is -2.41. The highest BCUT2D eigenvalue weighted by molar-refractivity contribution is 7.90. The largest absolute Gasteiger partial charge is 0.351 e. The minimum absolute atomic E-state index is 0.245. The maximum atomic E-state index is 12.3. The number of carbonyl (C=O) groups is 1. The van der Waals surface area contributed by atoms with E-state index in [2.05, 4.69) is 20.6 Å². The van der Waals surface area contributed by atoms with Crippen molar-refractivity contribution in [2.24, 2.45) is 7.05 Å². The Balaban J connectivity index is 1.59. The van der Waals surface area contributed by atoms with Crippen molar-refractivity contribution < 1.29 is 17.4 Å². The highest BCUT2D eigenvalue weighted by Gasteiger charge is 2.15. The van der Waals surface area contributed by atoms with Crippen molar-refractivity contribution in [3.8, 4) is 0 Å². The van der Waals surface area contributed by atoms with Gasteiger partial charge in [0.15, 0.2) is 15.0 Å². The molecule has 0 radical (unpaired) electrons. The van der Waals surface area contributed by atoms with Gasteiger partial charge in [0.05, 0.1) is 26.1 Å². The number of carbonyl (C=O) groups excluding carboxylic acids is 1. The minimum Gasteiger partial charge on any atom is -0.351 e. The molecule has 4 aromatic rings. The summed E-state index contributed by atoms with van der Waals surface area (Å²) in [6, 6.07) is 10.1. The number of hydrogen-bond donors (Lipinski definition) is 2. The Labute approximate surface area is 191 Å². The summed E-state index contributed by atoms with van der Waals surface area (Å²) in [4.78, 5) is 21.7. The van der Waals surface area contributed by atoms with E-state index in [-0.39, 0.29) is 10.8 Å². The standard InChI is InChI=1S/C20H21N5O4S3/c1-25-16-7-4-12(18(26)21-8-9-31(2)27)10-15(16)22-19(25)24-20-23-14-6-5-13(32(3,28)29)11-17(14)30-20/h4-7,10-11H,8-9H2,1-3H3,(H,21,26)(H,22,23,24). The van der Waals surface area contributed by atoms with Crippen molar-refractivity contribution in [3.05, 3.63) is 42.0 Å². The molecule has 0 aliphatic carbocycles. The number of imidazole rings is 1. The van der Waals surface area contributed by atoms with Crippen molar-refractivity contribution >= 4 is 70.2 Å². The van der Waals surface area contributed by atoms with Crippen LogP contribution in [0.4, 0.5) is 11.1 Å². The maximum absolute atomic E-state index is 12.3. The van der Waals surface area contributed by atoms with Gasteiger partial charge in [0, 0.05) is 48.2 Å². The molecule has 168 valence electrons. The van der Waals surface area contributed by atoms with Crippen LogP contribution in [0.5, 0.6) is 0 Å². The first-order valence-corrected chi connectivity index (χ1v) is 14.0. The van der Waals surface area contributed by atoms with Gasteiger partial charge >= 0.3 is 0 Å². The van der Waals surface area contributed by atoms with Gasteiger partial charge < -0.3 is 15.2 Å². The molecule has 2 N–H and O–H groups in total. The lowest BCUT2D eigenvalue weighted by molar-refractivity contribution is 0.0956.